The topological polar surface area (TPSA) is 148 Å². The second kappa shape index (κ2) is 11.1. The zero-order valence-corrected chi connectivity index (χ0v) is 22.3. The number of piperazine rings is 1. The fraction of sp³-hybridized carbons (Fsp3) is 0.435. The number of hydrogen-bond acceptors (Lipinski definition) is 6. The molecule has 1 aromatic carbocycles. The zero-order valence-electron chi connectivity index (χ0n) is 19.9. The molecule has 3 heterocycles. The molecule has 0 radical (unpaired) electrons. The summed E-state index contributed by atoms with van der Waals surface area (Å²) in [4.78, 5) is 57.9. The molecule has 37 heavy (non-hydrogen) atoms. The largest absolute Gasteiger partial charge is 0.465 e. The van der Waals surface area contributed by atoms with Crippen molar-refractivity contribution in [3.05, 3.63) is 45.4 Å². The van der Waals surface area contributed by atoms with E-state index in [0.29, 0.717) is 23.4 Å². The molecule has 2 aliphatic heterocycles. The number of aliphatic hydroxyl groups is 1. The van der Waals surface area contributed by atoms with Crippen molar-refractivity contribution in [2.24, 2.45) is 13.0 Å². The Bertz CT molecular complexity index is 1230. The van der Waals surface area contributed by atoms with Crippen molar-refractivity contribution in [2.75, 3.05) is 44.6 Å². The summed E-state index contributed by atoms with van der Waals surface area (Å²) in [5.41, 5.74) is 0.684. The van der Waals surface area contributed by atoms with E-state index in [1.807, 2.05) is 0 Å². The molecule has 12 nitrogen and oxygen atoms in total. The minimum absolute atomic E-state index is 0.0988. The van der Waals surface area contributed by atoms with Gasteiger partial charge in [0.25, 0.3) is 11.8 Å². The summed E-state index contributed by atoms with van der Waals surface area (Å²) < 4.78 is 2.23. The number of nitrogens with one attached hydrogen (secondary N) is 1. The molecule has 0 spiro atoms. The number of carbonyl (C=O) groups excluding carboxylic acids is 3. The van der Waals surface area contributed by atoms with E-state index in [1.165, 1.54) is 12.3 Å². The molecule has 2 fully saturated rings. The van der Waals surface area contributed by atoms with Crippen LogP contribution >= 0.6 is 27.5 Å². The number of piperidine rings is 1. The number of aromatic nitrogens is 2. The Balaban J connectivity index is 1.33. The number of aliphatic hydroxyl groups excluding tert-OH is 1. The van der Waals surface area contributed by atoms with E-state index in [1.54, 1.807) is 33.5 Å². The second-order valence-electron chi connectivity index (χ2n) is 8.92. The van der Waals surface area contributed by atoms with E-state index in [0.717, 1.165) is 4.90 Å². The lowest BCUT2D eigenvalue weighted by Crippen LogP contribution is -2.56. The maximum Gasteiger partial charge on any atom is 0.407 e. The second-order valence-corrected chi connectivity index (χ2v) is 10.1. The Morgan fingerprint density at radius 1 is 1.08 bits per heavy atom. The third-order valence-corrected chi connectivity index (χ3v) is 7.69. The van der Waals surface area contributed by atoms with Gasteiger partial charge in [-0.15, -0.1) is 0 Å². The minimum Gasteiger partial charge on any atom is -0.465 e. The van der Waals surface area contributed by atoms with Crippen LogP contribution in [0.5, 0.6) is 0 Å². The van der Waals surface area contributed by atoms with Crippen LogP contribution in [-0.4, -0.2) is 104 Å². The number of nitrogens with zero attached hydrogens (tertiary/aromatic N) is 5. The van der Waals surface area contributed by atoms with Gasteiger partial charge in [0, 0.05) is 45.5 Å². The van der Waals surface area contributed by atoms with E-state index >= 15 is 0 Å². The third-order valence-electron chi connectivity index (χ3n) is 6.64. The van der Waals surface area contributed by atoms with E-state index < -0.39 is 24.0 Å². The van der Waals surface area contributed by atoms with Crippen molar-refractivity contribution in [3.8, 4) is 0 Å². The Morgan fingerprint density at radius 3 is 2.32 bits per heavy atom. The van der Waals surface area contributed by atoms with Crippen molar-refractivity contribution in [1.29, 1.82) is 0 Å². The van der Waals surface area contributed by atoms with Gasteiger partial charge in [0.05, 0.1) is 35.3 Å². The fourth-order valence-corrected chi connectivity index (χ4v) is 5.01. The van der Waals surface area contributed by atoms with Crippen LogP contribution in [0.25, 0.3) is 0 Å². The predicted molar refractivity (Wildman–Crippen MR) is 137 cm³/mol. The number of amides is 4. The Hall–Kier alpha value is -3.16. The van der Waals surface area contributed by atoms with Crippen molar-refractivity contribution >= 4 is 57.0 Å². The van der Waals surface area contributed by atoms with Crippen LogP contribution in [0.1, 0.15) is 27.4 Å². The lowest BCUT2D eigenvalue weighted by molar-refractivity contribution is -0.143. The van der Waals surface area contributed by atoms with Gasteiger partial charge in [0.1, 0.15) is 4.60 Å². The highest BCUT2D eigenvalue weighted by Gasteiger charge is 2.38. The van der Waals surface area contributed by atoms with Gasteiger partial charge in [-0.25, -0.2) is 9.78 Å². The van der Waals surface area contributed by atoms with E-state index in [4.69, 9.17) is 16.7 Å². The van der Waals surface area contributed by atoms with Crippen LogP contribution in [0, 0.1) is 5.92 Å². The van der Waals surface area contributed by atoms with Gasteiger partial charge < -0.3 is 34.8 Å². The molecule has 4 amide bonds. The first-order chi connectivity index (χ1) is 17.6. The highest BCUT2D eigenvalue weighted by molar-refractivity contribution is 9.10. The summed E-state index contributed by atoms with van der Waals surface area (Å²) in [6.45, 7) is 1.26. The van der Waals surface area contributed by atoms with E-state index in [2.05, 4.69) is 26.2 Å². The van der Waals surface area contributed by atoms with Crippen LogP contribution in [-0.2, 0) is 11.8 Å². The average Bonchev–Trinajstić information content (AvgIpc) is 3.21. The SMILES string of the molecule is Cn1c(Br)cnc1C(=O)Nc1ccc(C(=O)N2CCN(C(=O)[C@@H]3CCN(C(=O)O)C[C@H]3O)CC2)c(Cl)c1. The fourth-order valence-electron chi connectivity index (χ4n) is 4.48. The number of β-amino-alcohol motifs (C(OH)–C–C–N with tert-alkyl or cyclic N) is 1. The Kier molecular flexibility index (Phi) is 8.05. The van der Waals surface area contributed by atoms with Gasteiger partial charge in [-0.1, -0.05) is 11.6 Å². The zero-order chi connectivity index (χ0) is 26.9. The van der Waals surface area contributed by atoms with Gasteiger partial charge in [-0.2, -0.15) is 0 Å². The number of anilines is 1. The highest BCUT2D eigenvalue weighted by Crippen LogP contribution is 2.25. The first-order valence-electron chi connectivity index (χ1n) is 11.6. The molecule has 2 aromatic rings. The van der Waals surface area contributed by atoms with E-state index in [-0.39, 0.29) is 60.8 Å². The lowest BCUT2D eigenvalue weighted by atomic mass is 9.92. The summed E-state index contributed by atoms with van der Waals surface area (Å²) in [6.07, 6.45) is -0.413. The quantitative estimate of drug-likeness (QED) is 0.486. The summed E-state index contributed by atoms with van der Waals surface area (Å²) in [5, 5.41) is 22.3. The van der Waals surface area contributed by atoms with Gasteiger partial charge >= 0.3 is 6.09 Å². The monoisotopic (exact) mass is 596 g/mol. The maximum absolute atomic E-state index is 13.1. The number of rotatable bonds is 4. The van der Waals surface area contributed by atoms with Gasteiger partial charge in [-0.05, 0) is 40.5 Å². The predicted octanol–water partition coefficient (Wildman–Crippen LogP) is 1.73. The highest BCUT2D eigenvalue weighted by atomic mass is 79.9. The molecule has 0 saturated carbocycles. The van der Waals surface area contributed by atoms with Crippen molar-refractivity contribution in [3.63, 3.8) is 0 Å². The van der Waals surface area contributed by atoms with E-state index in [9.17, 15) is 24.3 Å². The number of imidazole rings is 1. The molecule has 198 valence electrons. The van der Waals surface area contributed by atoms with Crippen LogP contribution in [0.4, 0.5) is 10.5 Å². The molecule has 0 unspecified atom stereocenters. The summed E-state index contributed by atoms with van der Waals surface area (Å²) in [5.74, 6) is -1.42. The molecule has 0 bridgehead atoms. The van der Waals surface area contributed by atoms with Gasteiger partial charge in [0.15, 0.2) is 5.82 Å². The summed E-state index contributed by atoms with van der Waals surface area (Å²) in [6, 6.07) is 4.62. The number of halogens is 2. The number of carboxylic acid groups (broad SMARTS) is 1. The Labute approximate surface area is 225 Å². The van der Waals surface area contributed by atoms with Crippen LogP contribution in [0.3, 0.4) is 0 Å². The molecule has 14 heteroatoms. The number of likely N-dealkylation sites (tertiary alicyclic amines) is 1. The Morgan fingerprint density at radius 2 is 1.76 bits per heavy atom. The molecule has 2 atom stereocenters. The molecular formula is C23H26BrClN6O6. The normalized spacial score (nSPS) is 20.1. The van der Waals surface area contributed by atoms with Crippen LogP contribution < -0.4 is 5.32 Å². The first-order valence-corrected chi connectivity index (χ1v) is 12.8. The average molecular weight is 598 g/mol. The molecule has 0 aliphatic carbocycles. The van der Waals surface area contributed by atoms with Gasteiger partial charge in [-0.3, -0.25) is 14.4 Å². The molecule has 2 aliphatic rings. The molecule has 4 rings (SSSR count). The van der Waals surface area contributed by atoms with Crippen LogP contribution in [0.15, 0.2) is 29.0 Å². The molecule has 2 saturated heterocycles. The first kappa shape index (κ1) is 26.9. The number of carbonyl (C=O) groups is 4. The smallest absolute Gasteiger partial charge is 0.407 e. The third kappa shape index (κ3) is 5.73. The molecular weight excluding hydrogens is 572 g/mol. The minimum atomic E-state index is -1.12. The molecule has 3 N–H and O–H groups in total. The summed E-state index contributed by atoms with van der Waals surface area (Å²) >= 11 is 9.66. The lowest BCUT2D eigenvalue weighted by Gasteiger charge is -2.39. The van der Waals surface area contributed by atoms with Crippen molar-refractivity contribution < 1.29 is 29.4 Å². The molecule has 1 aromatic heterocycles. The number of hydrogen-bond donors (Lipinski definition) is 3. The van der Waals surface area contributed by atoms with Crippen molar-refractivity contribution in [2.45, 2.75) is 12.5 Å². The maximum atomic E-state index is 13.1. The summed E-state index contributed by atoms with van der Waals surface area (Å²) in [7, 11) is 1.69. The van der Waals surface area contributed by atoms with Gasteiger partial charge in [0.2, 0.25) is 5.91 Å². The van der Waals surface area contributed by atoms with Crippen molar-refractivity contribution in [1.82, 2.24) is 24.3 Å². The standard InChI is InChI=1S/C23H26BrClN6O6/c1-28-18(24)11-26-19(28)20(33)27-13-2-3-14(16(25)10-13)21(34)29-6-8-30(9-7-29)22(35)15-4-5-31(23(36)37)12-17(15)32/h2-3,10-11,15,17,32H,4-9,12H2,1H3,(H,27,33)(H,36,37)/t15-,17-/m1/s1. The van der Waals surface area contributed by atoms with Crippen LogP contribution in [0.2, 0.25) is 5.02 Å². The number of benzene rings is 1.